The van der Waals surface area contributed by atoms with Crippen LogP contribution in [0.25, 0.3) is 0 Å². The van der Waals surface area contributed by atoms with Gasteiger partial charge in [-0.2, -0.15) is 11.8 Å². The Bertz CT molecular complexity index is 1140. The van der Waals surface area contributed by atoms with Crippen LogP contribution in [0.15, 0.2) is 79.9 Å². The first kappa shape index (κ1) is 31.2. The Labute approximate surface area is 241 Å². The maximum absolute atomic E-state index is 13.4. The molecule has 2 aromatic rings. The van der Waals surface area contributed by atoms with E-state index in [1.165, 1.54) is 0 Å². The first-order valence-electron chi connectivity index (χ1n) is 13.7. The molecule has 2 N–H and O–H groups in total. The Morgan fingerprint density at radius 2 is 1.80 bits per heavy atom. The topological polar surface area (TPSA) is 95.9 Å². The van der Waals surface area contributed by atoms with Crippen molar-refractivity contribution >= 4 is 29.5 Å². The summed E-state index contributed by atoms with van der Waals surface area (Å²) in [5.74, 6) is -0.129. The molecule has 2 aromatic carbocycles. The molecular weight excluding hydrogens is 524 g/mol. The molecule has 1 heterocycles. The van der Waals surface area contributed by atoms with Crippen LogP contribution < -0.4 is 5.32 Å². The Morgan fingerprint density at radius 3 is 2.50 bits per heavy atom. The summed E-state index contributed by atoms with van der Waals surface area (Å²) < 4.78 is 5.45. The average Bonchev–Trinajstić information content (AvgIpc) is 2.98. The molecule has 0 saturated carbocycles. The number of nitrogens with one attached hydrogen (secondary N) is 1. The lowest BCUT2D eigenvalue weighted by Gasteiger charge is -2.36. The van der Waals surface area contributed by atoms with Gasteiger partial charge in [0, 0.05) is 30.9 Å². The molecule has 3 rings (SSSR count). The zero-order valence-corrected chi connectivity index (χ0v) is 23.8. The highest BCUT2D eigenvalue weighted by molar-refractivity contribution is 7.98. The third-order valence-corrected chi connectivity index (χ3v) is 8.08. The number of esters is 1. The van der Waals surface area contributed by atoms with Gasteiger partial charge in [0.2, 0.25) is 11.8 Å². The standard InChI is InChI=1S/C32H40N2O5S/c1-3-5-16-31(37)39-21-28(23-40-22-24-12-7-6-8-13-24)33-32(38)26(11-4-2)18-30(36)34-19-27-15-10-9-14-25(27)17-29(34)20-35/h3-4,6-10,12-15,26,28-29,35H,1-2,5,11,16-23H2,(H,33,38)/t26-,28-,29+/m1/s1. The Hall–Kier alpha value is -3.36. The van der Waals surface area contributed by atoms with Gasteiger partial charge in [0.1, 0.15) is 6.61 Å². The molecule has 0 radical (unpaired) electrons. The number of ether oxygens (including phenoxy) is 1. The molecule has 0 spiro atoms. The van der Waals surface area contributed by atoms with Crippen molar-refractivity contribution in [2.75, 3.05) is 19.0 Å². The number of benzene rings is 2. The Morgan fingerprint density at radius 1 is 1.07 bits per heavy atom. The maximum Gasteiger partial charge on any atom is 0.306 e. The number of fused-ring (bicyclic) bond motifs is 1. The Kier molecular flexibility index (Phi) is 13.0. The maximum atomic E-state index is 13.4. The quantitative estimate of drug-likeness (QED) is 0.231. The van der Waals surface area contributed by atoms with Gasteiger partial charge in [0.15, 0.2) is 0 Å². The van der Waals surface area contributed by atoms with Crippen molar-refractivity contribution in [1.29, 1.82) is 0 Å². The summed E-state index contributed by atoms with van der Waals surface area (Å²) in [6.07, 6.45) is 4.97. The molecule has 8 heteroatoms. The van der Waals surface area contributed by atoms with E-state index in [1.54, 1.807) is 28.8 Å². The summed E-state index contributed by atoms with van der Waals surface area (Å²) in [6.45, 7) is 7.73. The number of rotatable bonds is 16. The van der Waals surface area contributed by atoms with Crippen molar-refractivity contribution in [2.24, 2.45) is 5.92 Å². The van der Waals surface area contributed by atoms with Crippen molar-refractivity contribution in [3.63, 3.8) is 0 Å². The highest BCUT2D eigenvalue weighted by Gasteiger charge is 2.32. The molecule has 0 aromatic heterocycles. The fraction of sp³-hybridized carbons (Fsp3) is 0.406. The van der Waals surface area contributed by atoms with E-state index >= 15 is 0 Å². The highest BCUT2D eigenvalue weighted by Crippen LogP contribution is 2.25. The van der Waals surface area contributed by atoms with Gasteiger partial charge in [0.25, 0.3) is 0 Å². The minimum Gasteiger partial charge on any atom is -0.463 e. The number of aliphatic hydroxyl groups excluding tert-OH is 1. The largest absolute Gasteiger partial charge is 0.463 e. The van der Waals surface area contributed by atoms with Crippen LogP contribution in [0.3, 0.4) is 0 Å². The summed E-state index contributed by atoms with van der Waals surface area (Å²) >= 11 is 1.64. The van der Waals surface area contributed by atoms with E-state index in [4.69, 9.17) is 4.74 Å². The van der Waals surface area contributed by atoms with E-state index in [1.807, 2.05) is 54.6 Å². The van der Waals surface area contributed by atoms with Gasteiger partial charge < -0.3 is 20.1 Å². The number of amides is 2. The molecule has 0 fully saturated rings. The van der Waals surface area contributed by atoms with E-state index < -0.39 is 12.0 Å². The number of thioether (sulfide) groups is 1. The second-order valence-corrected chi connectivity index (χ2v) is 11.0. The van der Waals surface area contributed by atoms with Crippen molar-refractivity contribution in [3.05, 3.63) is 96.6 Å². The van der Waals surface area contributed by atoms with Crippen LogP contribution in [-0.4, -0.2) is 58.8 Å². The summed E-state index contributed by atoms with van der Waals surface area (Å²) in [7, 11) is 0. The predicted octanol–water partition coefficient (Wildman–Crippen LogP) is 4.44. The monoisotopic (exact) mass is 564 g/mol. The second kappa shape index (κ2) is 16.7. The molecule has 7 nitrogen and oxygen atoms in total. The summed E-state index contributed by atoms with van der Waals surface area (Å²) in [6, 6.07) is 17.2. The summed E-state index contributed by atoms with van der Waals surface area (Å²) in [4.78, 5) is 40.6. The molecular formula is C32H40N2O5S. The number of carbonyl (C=O) groups is 3. The van der Waals surface area contributed by atoms with Crippen molar-refractivity contribution in [1.82, 2.24) is 10.2 Å². The van der Waals surface area contributed by atoms with Crippen molar-refractivity contribution < 1.29 is 24.2 Å². The van der Waals surface area contributed by atoms with Gasteiger partial charge in [0.05, 0.1) is 24.6 Å². The van der Waals surface area contributed by atoms with E-state index in [-0.39, 0.29) is 49.9 Å². The first-order valence-corrected chi connectivity index (χ1v) is 14.9. The fourth-order valence-electron chi connectivity index (χ4n) is 4.68. The van der Waals surface area contributed by atoms with E-state index in [0.717, 1.165) is 22.4 Å². The molecule has 0 bridgehead atoms. The summed E-state index contributed by atoms with van der Waals surface area (Å²) in [5, 5.41) is 13.0. The Balaban J connectivity index is 1.64. The van der Waals surface area contributed by atoms with Gasteiger partial charge in [-0.15, -0.1) is 13.2 Å². The molecule has 2 amide bonds. The van der Waals surface area contributed by atoms with Gasteiger partial charge >= 0.3 is 5.97 Å². The molecule has 0 unspecified atom stereocenters. The van der Waals surface area contributed by atoms with Gasteiger partial charge in [-0.25, -0.2) is 0 Å². The van der Waals surface area contributed by atoms with Gasteiger partial charge in [-0.05, 0) is 36.0 Å². The SMILES string of the molecule is C=CCCC(=O)OC[C@H](CSCc1ccccc1)NC(=O)[C@H](CC=C)CC(=O)N1Cc2ccccc2C[C@H]1CO. The van der Waals surface area contributed by atoms with E-state index in [0.29, 0.717) is 31.6 Å². The molecule has 3 atom stereocenters. The van der Waals surface area contributed by atoms with E-state index in [9.17, 15) is 19.5 Å². The third kappa shape index (κ3) is 9.68. The van der Waals surface area contributed by atoms with Crippen LogP contribution >= 0.6 is 11.8 Å². The van der Waals surface area contributed by atoms with Crippen molar-refractivity contribution in [3.8, 4) is 0 Å². The van der Waals surface area contributed by atoms with Crippen molar-refractivity contribution in [2.45, 2.75) is 56.5 Å². The zero-order valence-electron chi connectivity index (χ0n) is 23.0. The molecule has 1 aliphatic rings. The minimum absolute atomic E-state index is 0.000475. The van der Waals surface area contributed by atoms with Gasteiger partial charge in [-0.1, -0.05) is 66.7 Å². The average molecular weight is 565 g/mol. The lowest BCUT2D eigenvalue weighted by atomic mass is 9.92. The predicted molar refractivity (Wildman–Crippen MR) is 159 cm³/mol. The number of aliphatic hydroxyl groups is 1. The number of hydrogen-bond donors (Lipinski definition) is 2. The van der Waals surface area contributed by atoms with Gasteiger partial charge in [-0.3, -0.25) is 14.4 Å². The molecule has 0 aliphatic carbocycles. The highest BCUT2D eigenvalue weighted by atomic mass is 32.2. The number of hydrogen-bond acceptors (Lipinski definition) is 6. The van der Waals surface area contributed by atoms with Crippen LogP contribution in [0.1, 0.15) is 42.4 Å². The molecule has 214 valence electrons. The van der Waals surface area contributed by atoms with E-state index in [2.05, 4.69) is 18.5 Å². The molecule has 0 saturated heterocycles. The van der Waals surface area contributed by atoms with Crippen LogP contribution in [0, 0.1) is 5.92 Å². The van der Waals surface area contributed by atoms with Crippen LogP contribution in [0.2, 0.25) is 0 Å². The summed E-state index contributed by atoms with van der Waals surface area (Å²) in [5.41, 5.74) is 3.35. The number of nitrogens with zero attached hydrogens (tertiary/aromatic N) is 1. The third-order valence-electron chi connectivity index (χ3n) is 6.90. The first-order chi connectivity index (χ1) is 19.4. The minimum atomic E-state index is -0.625. The molecule has 40 heavy (non-hydrogen) atoms. The lowest BCUT2D eigenvalue weighted by molar-refractivity contribution is -0.145. The fourth-order valence-corrected chi connectivity index (χ4v) is 5.69. The second-order valence-electron chi connectivity index (χ2n) is 9.97. The number of carbonyl (C=O) groups excluding carboxylic acids is 3. The van der Waals surface area contributed by atoms with Crippen LogP contribution in [0.5, 0.6) is 0 Å². The zero-order chi connectivity index (χ0) is 28.7. The smallest absolute Gasteiger partial charge is 0.306 e. The molecule has 1 aliphatic heterocycles. The van der Waals surface area contributed by atoms with Crippen LogP contribution in [0.4, 0.5) is 0 Å². The number of allylic oxidation sites excluding steroid dienone is 2. The van der Waals surface area contributed by atoms with Crippen LogP contribution in [-0.2, 0) is 37.8 Å². The normalized spacial score (nSPS) is 15.8. The lowest BCUT2D eigenvalue weighted by Crippen LogP contribution is -2.48.